The number of nitriles is 1. The second kappa shape index (κ2) is 9.19. The zero-order valence-electron chi connectivity index (χ0n) is 16.6. The second-order valence-corrected chi connectivity index (χ2v) is 7.67. The number of amides is 1. The van der Waals surface area contributed by atoms with Crippen molar-refractivity contribution in [1.29, 1.82) is 5.26 Å². The summed E-state index contributed by atoms with van der Waals surface area (Å²) in [5.74, 6) is 0. The Balaban J connectivity index is 1.40. The lowest BCUT2D eigenvalue weighted by Gasteiger charge is -2.04. The molecule has 0 fully saturated rings. The van der Waals surface area contributed by atoms with Gasteiger partial charge in [0.2, 0.25) is 5.06 Å². The molecule has 0 unspecified atom stereocenters. The van der Waals surface area contributed by atoms with Crippen molar-refractivity contribution in [2.24, 2.45) is 0 Å². The van der Waals surface area contributed by atoms with Gasteiger partial charge in [-0.3, -0.25) is 9.67 Å². The van der Waals surface area contributed by atoms with Crippen LogP contribution in [0.1, 0.15) is 22.4 Å². The number of carbonyl (C=O) groups excluding carboxylic acids is 1. The fourth-order valence-corrected chi connectivity index (χ4v) is 3.76. The molecule has 154 valence electrons. The molecule has 0 bridgehead atoms. The first-order valence-electron chi connectivity index (χ1n) is 9.45. The van der Waals surface area contributed by atoms with Crippen LogP contribution in [0.3, 0.4) is 0 Å². The van der Waals surface area contributed by atoms with Gasteiger partial charge in [-0.2, -0.15) is 10.4 Å². The van der Waals surface area contributed by atoms with E-state index in [0.717, 1.165) is 11.1 Å². The van der Waals surface area contributed by atoms with Crippen LogP contribution < -0.4 is 10.1 Å². The van der Waals surface area contributed by atoms with Crippen LogP contribution in [-0.2, 0) is 13.1 Å². The molecule has 0 atom stereocenters. The van der Waals surface area contributed by atoms with E-state index in [1.807, 2.05) is 36.5 Å². The summed E-state index contributed by atoms with van der Waals surface area (Å²) >= 11 is 1.26. The van der Waals surface area contributed by atoms with Crippen LogP contribution in [-0.4, -0.2) is 25.8 Å². The Bertz CT molecular complexity index is 1240. The van der Waals surface area contributed by atoms with Gasteiger partial charge >= 0.3 is 6.09 Å². The first-order valence-corrected chi connectivity index (χ1v) is 10.3. The van der Waals surface area contributed by atoms with Gasteiger partial charge in [0.25, 0.3) is 0 Å². The van der Waals surface area contributed by atoms with Crippen LogP contribution in [0.25, 0.3) is 10.7 Å². The number of pyridine rings is 1. The number of nitrogens with zero attached hydrogens (tertiary/aromatic N) is 5. The van der Waals surface area contributed by atoms with Crippen molar-refractivity contribution in [3.8, 4) is 21.8 Å². The van der Waals surface area contributed by atoms with Gasteiger partial charge in [0, 0.05) is 25.1 Å². The molecule has 0 aliphatic rings. The average molecular weight is 430 g/mol. The van der Waals surface area contributed by atoms with E-state index in [0.29, 0.717) is 40.1 Å². The van der Waals surface area contributed by atoms with Crippen LogP contribution in [0.15, 0.2) is 61.1 Å². The van der Waals surface area contributed by atoms with E-state index in [1.165, 1.54) is 11.3 Å². The van der Waals surface area contributed by atoms with Gasteiger partial charge in [-0.15, -0.1) is 0 Å². The minimum atomic E-state index is -0.551. The first-order chi connectivity index (χ1) is 15.1. The Hall–Kier alpha value is -4.03. The maximum absolute atomic E-state index is 12.1. The smallest absolute Gasteiger partial charge is 0.397 e. The summed E-state index contributed by atoms with van der Waals surface area (Å²) in [7, 11) is 0. The number of ether oxygens (including phenoxy) is 1. The van der Waals surface area contributed by atoms with E-state index in [2.05, 4.69) is 26.5 Å². The average Bonchev–Trinajstić information content (AvgIpc) is 3.40. The third-order valence-electron chi connectivity index (χ3n) is 4.36. The minimum Gasteiger partial charge on any atom is -0.397 e. The molecule has 1 aromatic carbocycles. The number of thiazole rings is 1. The summed E-state index contributed by atoms with van der Waals surface area (Å²) in [5, 5.41) is 17.4. The van der Waals surface area contributed by atoms with Crippen LogP contribution >= 0.6 is 11.3 Å². The summed E-state index contributed by atoms with van der Waals surface area (Å²) in [6.07, 6.45) is 4.66. The fraction of sp³-hybridized carbons (Fsp3) is 0.136. The Morgan fingerprint density at radius 2 is 2.13 bits per heavy atom. The van der Waals surface area contributed by atoms with Crippen molar-refractivity contribution in [3.63, 3.8) is 0 Å². The number of benzene rings is 1. The van der Waals surface area contributed by atoms with Gasteiger partial charge in [0.15, 0.2) is 0 Å². The van der Waals surface area contributed by atoms with E-state index in [4.69, 9.17) is 10.00 Å². The zero-order valence-corrected chi connectivity index (χ0v) is 17.5. The van der Waals surface area contributed by atoms with E-state index >= 15 is 0 Å². The Labute approximate surface area is 182 Å². The summed E-state index contributed by atoms with van der Waals surface area (Å²) in [4.78, 5) is 20.6. The Morgan fingerprint density at radius 1 is 1.26 bits per heavy atom. The number of hydrogen-bond donors (Lipinski definition) is 1. The topological polar surface area (TPSA) is 106 Å². The number of nitrogens with one attached hydrogen (secondary N) is 1. The van der Waals surface area contributed by atoms with Crippen molar-refractivity contribution in [2.45, 2.75) is 20.0 Å². The Morgan fingerprint density at radius 3 is 2.94 bits per heavy atom. The van der Waals surface area contributed by atoms with Crippen molar-refractivity contribution in [3.05, 3.63) is 83.4 Å². The monoisotopic (exact) mass is 430 g/mol. The van der Waals surface area contributed by atoms with E-state index < -0.39 is 6.09 Å². The lowest BCUT2D eigenvalue weighted by molar-refractivity contribution is 0.201. The maximum atomic E-state index is 12.1. The fourth-order valence-electron chi connectivity index (χ4n) is 2.87. The molecule has 0 radical (unpaired) electrons. The van der Waals surface area contributed by atoms with Gasteiger partial charge < -0.3 is 10.1 Å². The van der Waals surface area contributed by atoms with Gasteiger partial charge in [0.05, 0.1) is 23.9 Å². The summed E-state index contributed by atoms with van der Waals surface area (Å²) in [6.45, 7) is 2.66. The zero-order chi connectivity index (χ0) is 21.6. The predicted molar refractivity (Wildman–Crippen MR) is 115 cm³/mol. The maximum Gasteiger partial charge on any atom is 0.413 e. The molecule has 3 heterocycles. The molecule has 4 aromatic rings. The highest BCUT2D eigenvalue weighted by Crippen LogP contribution is 2.32. The third-order valence-corrected chi connectivity index (χ3v) is 5.42. The summed E-state index contributed by atoms with van der Waals surface area (Å²) in [6, 6.07) is 15.1. The molecular formula is C22H18N6O2S. The Kier molecular flexibility index (Phi) is 6.01. The SMILES string of the molecule is Cc1nc(-c2ccn(Cc3cccc(C#N)c3)n2)sc1OC(=O)NCc1cccnc1. The number of hydrogen-bond acceptors (Lipinski definition) is 7. The molecular weight excluding hydrogens is 412 g/mol. The highest BCUT2D eigenvalue weighted by atomic mass is 32.1. The second-order valence-electron chi connectivity index (χ2n) is 6.71. The number of aryl methyl sites for hydroxylation is 1. The number of aromatic nitrogens is 4. The molecule has 1 N–H and O–H groups in total. The first kappa shape index (κ1) is 20.3. The molecule has 0 saturated heterocycles. The number of carbonyl (C=O) groups is 1. The largest absolute Gasteiger partial charge is 0.413 e. The van der Waals surface area contributed by atoms with Crippen molar-refractivity contribution < 1.29 is 9.53 Å². The summed E-state index contributed by atoms with van der Waals surface area (Å²) in [5.41, 5.74) is 3.79. The van der Waals surface area contributed by atoms with Crippen molar-refractivity contribution >= 4 is 17.4 Å². The molecule has 9 heteroatoms. The van der Waals surface area contributed by atoms with Crippen molar-refractivity contribution in [1.82, 2.24) is 25.1 Å². The van der Waals surface area contributed by atoms with Gasteiger partial charge in [-0.05, 0) is 42.3 Å². The molecule has 0 aliphatic carbocycles. The van der Waals surface area contributed by atoms with E-state index in [-0.39, 0.29) is 0 Å². The third kappa shape index (κ3) is 5.12. The summed E-state index contributed by atoms with van der Waals surface area (Å²) < 4.78 is 7.20. The van der Waals surface area contributed by atoms with E-state index in [9.17, 15) is 4.79 Å². The molecule has 31 heavy (non-hydrogen) atoms. The lowest BCUT2D eigenvalue weighted by atomic mass is 10.1. The molecule has 0 aliphatic heterocycles. The molecule has 4 rings (SSSR count). The molecule has 0 spiro atoms. The minimum absolute atomic E-state index is 0.328. The molecule has 3 aromatic heterocycles. The quantitative estimate of drug-likeness (QED) is 0.497. The molecule has 8 nitrogen and oxygen atoms in total. The number of rotatable bonds is 6. The highest BCUT2D eigenvalue weighted by Gasteiger charge is 2.16. The van der Waals surface area contributed by atoms with Gasteiger partial charge in [0.1, 0.15) is 10.7 Å². The van der Waals surface area contributed by atoms with Crippen LogP contribution in [0.4, 0.5) is 4.79 Å². The standard InChI is InChI=1S/C22H18N6O2S/c1-15-21(30-22(29)25-13-18-6-3-8-24-12-18)31-20(26-15)19-7-9-28(27-19)14-17-5-2-4-16(10-17)11-23/h2-10,12H,13-14H2,1H3,(H,25,29). The van der Waals surface area contributed by atoms with Gasteiger partial charge in [-0.25, -0.2) is 9.78 Å². The lowest BCUT2D eigenvalue weighted by Crippen LogP contribution is -2.26. The van der Waals surface area contributed by atoms with E-state index in [1.54, 1.807) is 36.1 Å². The molecule has 0 saturated carbocycles. The highest BCUT2D eigenvalue weighted by molar-refractivity contribution is 7.17. The van der Waals surface area contributed by atoms with Gasteiger partial charge in [-0.1, -0.05) is 29.5 Å². The van der Waals surface area contributed by atoms with Crippen LogP contribution in [0, 0.1) is 18.3 Å². The van der Waals surface area contributed by atoms with Crippen LogP contribution in [0.5, 0.6) is 5.06 Å². The molecule has 1 amide bonds. The van der Waals surface area contributed by atoms with Crippen LogP contribution in [0.2, 0.25) is 0 Å². The normalized spacial score (nSPS) is 10.5. The van der Waals surface area contributed by atoms with Crippen molar-refractivity contribution in [2.75, 3.05) is 0 Å². The predicted octanol–water partition coefficient (Wildman–Crippen LogP) is 3.92.